The van der Waals surface area contributed by atoms with Gasteiger partial charge in [-0.25, -0.2) is 19.5 Å². The predicted octanol–water partition coefficient (Wildman–Crippen LogP) is -0.853. The largest absolute Gasteiger partial charge is 0.469 e. The number of nitrogens with one attached hydrogen (secondary N) is 1. The molecule has 0 saturated carbocycles. The fourth-order valence-corrected chi connectivity index (χ4v) is 1.01. The number of nitrogen functional groups attached to an aromatic ring is 1. The average molecular weight is 405 g/mol. The highest BCUT2D eigenvalue weighted by atomic mass is 31.2. The highest BCUT2D eigenvalue weighted by Gasteiger charge is 2.07. The monoisotopic (exact) mass is 405 g/mol. The Labute approximate surface area is 157 Å². The van der Waals surface area contributed by atoms with E-state index in [4.69, 9.17) is 25.7 Å². The molecule has 2 aromatic rings. The Morgan fingerprint density at radius 3 is 1.96 bits per heavy atom. The molecule has 12 nitrogen and oxygen atoms in total. The number of aromatic amines is 1. The Hall–Kier alpha value is -2.54. The standard InChI is InChI=1S/C5H5N5.C4H10O3.2C2H2.CH5O4P/c6-4-3-5(9-1-7-3)10-2-8-4;5-1-3-7-4-2-6;2*1-2;1-5-6(2,3)4/h1-2H,(H3,6,7,8,9,10);5-6H,1-4H2;2*1-2H;1H3,(H2,2,3,4). The Kier molecular flexibility index (Phi) is 21.4. The van der Waals surface area contributed by atoms with Crippen molar-refractivity contribution in [2.24, 2.45) is 0 Å². The van der Waals surface area contributed by atoms with Crippen molar-refractivity contribution < 1.29 is 33.8 Å². The summed E-state index contributed by atoms with van der Waals surface area (Å²) in [6.07, 6.45) is 18.9. The fraction of sp³-hybridized carbons (Fsp3) is 0.357. The molecule has 2 aromatic heterocycles. The summed E-state index contributed by atoms with van der Waals surface area (Å²) in [5, 5.41) is 16.2. The Balaban J connectivity index is -0.000000304. The summed E-state index contributed by atoms with van der Waals surface area (Å²) in [4.78, 5) is 29.8. The summed E-state index contributed by atoms with van der Waals surface area (Å²) >= 11 is 0. The van der Waals surface area contributed by atoms with E-state index in [0.29, 0.717) is 30.2 Å². The van der Waals surface area contributed by atoms with Gasteiger partial charge in [-0.05, 0) is 0 Å². The van der Waals surface area contributed by atoms with Gasteiger partial charge < -0.3 is 35.5 Å². The van der Waals surface area contributed by atoms with Crippen molar-refractivity contribution in [1.82, 2.24) is 19.9 Å². The SMILES string of the molecule is C#C.C#C.COP(=O)(O)O.Nc1ncnc2nc[nH]c12.OCCOCCO. The third-order valence-corrected chi connectivity index (χ3v) is 2.44. The van der Waals surface area contributed by atoms with E-state index in [1.165, 1.54) is 12.7 Å². The van der Waals surface area contributed by atoms with E-state index >= 15 is 0 Å². The van der Waals surface area contributed by atoms with Crippen LogP contribution in [0.25, 0.3) is 11.2 Å². The number of H-pyrrole nitrogens is 1. The Morgan fingerprint density at radius 2 is 1.59 bits per heavy atom. The topological polar surface area (TPSA) is 197 Å². The van der Waals surface area contributed by atoms with Gasteiger partial charge in [-0.1, -0.05) is 0 Å². The molecule has 0 amide bonds. The third kappa shape index (κ3) is 18.1. The second kappa shape index (κ2) is 19.8. The highest BCUT2D eigenvalue weighted by Crippen LogP contribution is 2.33. The molecule has 0 bridgehead atoms. The molecule has 0 radical (unpaired) electrons. The molecule has 0 aliphatic heterocycles. The number of aliphatic hydroxyl groups is 2. The lowest BCUT2D eigenvalue weighted by Crippen LogP contribution is -2.03. The second-order valence-electron chi connectivity index (χ2n) is 3.59. The van der Waals surface area contributed by atoms with Crippen molar-refractivity contribution in [2.45, 2.75) is 0 Å². The number of rotatable bonds is 5. The minimum atomic E-state index is -4.15. The maximum atomic E-state index is 9.47. The first-order chi connectivity index (χ1) is 12.9. The zero-order valence-electron chi connectivity index (χ0n) is 14.7. The minimum absolute atomic E-state index is 0.0278. The molecule has 0 atom stereocenters. The lowest BCUT2D eigenvalue weighted by Gasteiger charge is -1.94. The maximum absolute atomic E-state index is 9.47. The molecule has 0 aromatic carbocycles. The first-order valence-corrected chi connectivity index (χ1v) is 8.35. The van der Waals surface area contributed by atoms with Crippen LogP contribution in [0.3, 0.4) is 0 Å². The first-order valence-electron chi connectivity index (χ1n) is 6.82. The number of fused-ring (bicyclic) bond motifs is 1. The normalized spacial score (nSPS) is 9.07. The molecular weight excluding hydrogens is 381 g/mol. The van der Waals surface area contributed by atoms with Gasteiger partial charge in [0.15, 0.2) is 11.5 Å². The third-order valence-electron chi connectivity index (χ3n) is 1.96. The van der Waals surface area contributed by atoms with Crippen LogP contribution < -0.4 is 5.73 Å². The van der Waals surface area contributed by atoms with E-state index in [1.54, 1.807) is 0 Å². The summed E-state index contributed by atoms with van der Waals surface area (Å²) in [6.45, 7) is 0.696. The van der Waals surface area contributed by atoms with Crippen molar-refractivity contribution in [3.63, 3.8) is 0 Å². The van der Waals surface area contributed by atoms with E-state index in [2.05, 4.69) is 54.9 Å². The zero-order chi connectivity index (χ0) is 21.7. The van der Waals surface area contributed by atoms with Crippen LogP contribution in [0, 0.1) is 25.7 Å². The number of nitrogens with zero attached hydrogens (tertiary/aromatic N) is 3. The fourth-order valence-electron chi connectivity index (χ4n) is 1.01. The molecule has 152 valence electrons. The highest BCUT2D eigenvalue weighted by molar-refractivity contribution is 7.46. The van der Waals surface area contributed by atoms with Crippen LogP contribution in [0.1, 0.15) is 0 Å². The number of imidazole rings is 1. The van der Waals surface area contributed by atoms with Gasteiger partial charge in [0.2, 0.25) is 0 Å². The van der Waals surface area contributed by atoms with Crippen LogP contribution in [-0.4, -0.2) is 73.5 Å². The van der Waals surface area contributed by atoms with Crippen LogP contribution in [0.2, 0.25) is 0 Å². The van der Waals surface area contributed by atoms with Crippen LogP contribution in [0.4, 0.5) is 5.82 Å². The van der Waals surface area contributed by atoms with Gasteiger partial charge in [0.25, 0.3) is 0 Å². The molecule has 0 unspecified atom stereocenters. The molecule has 13 heteroatoms. The molecule has 0 saturated heterocycles. The molecule has 7 N–H and O–H groups in total. The van der Waals surface area contributed by atoms with Crippen LogP contribution in [0.15, 0.2) is 12.7 Å². The molecule has 0 aliphatic carbocycles. The Morgan fingerprint density at radius 1 is 1.11 bits per heavy atom. The van der Waals surface area contributed by atoms with Crippen molar-refractivity contribution >= 4 is 24.8 Å². The summed E-state index contributed by atoms with van der Waals surface area (Å²) < 4.78 is 17.7. The molecule has 0 aliphatic rings. The number of hydrogen-bond donors (Lipinski definition) is 6. The molecular formula is C14H24N5O7P. The average Bonchev–Trinajstić information content (AvgIpc) is 3.16. The molecule has 2 rings (SSSR count). The van der Waals surface area contributed by atoms with E-state index in [1.807, 2.05) is 0 Å². The summed E-state index contributed by atoms with van der Waals surface area (Å²) in [6, 6.07) is 0. The first kappa shape index (κ1) is 29.2. The second-order valence-corrected chi connectivity index (χ2v) is 4.94. The van der Waals surface area contributed by atoms with Gasteiger partial charge in [0.05, 0.1) is 32.8 Å². The molecule has 0 fully saturated rings. The molecule has 0 spiro atoms. The number of phosphoric acid groups is 1. The smallest absolute Gasteiger partial charge is 0.394 e. The predicted molar refractivity (Wildman–Crippen MR) is 99.9 cm³/mol. The number of anilines is 1. The number of ether oxygens (including phenoxy) is 1. The summed E-state index contributed by atoms with van der Waals surface area (Å²) in [7, 11) is -3.20. The zero-order valence-corrected chi connectivity index (χ0v) is 15.6. The summed E-state index contributed by atoms with van der Waals surface area (Å²) in [5.41, 5.74) is 6.78. The van der Waals surface area contributed by atoms with Crippen molar-refractivity contribution in [3.8, 4) is 25.7 Å². The van der Waals surface area contributed by atoms with Gasteiger partial charge in [0.1, 0.15) is 11.8 Å². The number of nitrogens with two attached hydrogens (primary N) is 1. The van der Waals surface area contributed by atoms with Gasteiger partial charge in [0, 0.05) is 7.11 Å². The van der Waals surface area contributed by atoms with Gasteiger partial charge in [-0.2, -0.15) is 0 Å². The van der Waals surface area contributed by atoms with Crippen LogP contribution in [-0.2, 0) is 13.8 Å². The van der Waals surface area contributed by atoms with E-state index in [9.17, 15) is 4.57 Å². The van der Waals surface area contributed by atoms with Crippen molar-refractivity contribution in [1.29, 1.82) is 0 Å². The van der Waals surface area contributed by atoms with Gasteiger partial charge in [-0.3, -0.25) is 4.52 Å². The van der Waals surface area contributed by atoms with E-state index in [-0.39, 0.29) is 13.2 Å². The lowest BCUT2D eigenvalue weighted by atomic mass is 10.5. The number of aromatic nitrogens is 4. The minimum Gasteiger partial charge on any atom is -0.394 e. The number of aliphatic hydroxyl groups excluding tert-OH is 2. The summed E-state index contributed by atoms with van der Waals surface area (Å²) in [5.74, 6) is 0.433. The van der Waals surface area contributed by atoms with E-state index in [0.717, 1.165) is 7.11 Å². The van der Waals surface area contributed by atoms with Gasteiger partial charge >= 0.3 is 7.82 Å². The van der Waals surface area contributed by atoms with Crippen LogP contribution >= 0.6 is 7.82 Å². The van der Waals surface area contributed by atoms with Crippen molar-refractivity contribution in [2.75, 3.05) is 39.3 Å². The Bertz CT molecular complexity index is 661. The lowest BCUT2D eigenvalue weighted by molar-refractivity contribution is 0.0650. The maximum Gasteiger partial charge on any atom is 0.469 e. The molecule has 27 heavy (non-hydrogen) atoms. The van der Waals surface area contributed by atoms with Gasteiger partial charge in [-0.15, -0.1) is 25.7 Å². The van der Waals surface area contributed by atoms with Crippen LogP contribution in [0.5, 0.6) is 0 Å². The number of phosphoric ester groups is 1. The molecule has 2 heterocycles. The quantitative estimate of drug-likeness (QED) is 0.206. The number of hydrogen-bond acceptors (Lipinski definition) is 9. The van der Waals surface area contributed by atoms with Crippen molar-refractivity contribution in [3.05, 3.63) is 12.7 Å². The number of terminal acetylenes is 2. The van der Waals surface area contributed by atoms with E-state index < -0.39 is 7.82 Å².